The Labute approximate surface area is 169 Å². The van der Waals surface area contributed by atoms with E-state index in [2.05, 4.69) is 70.6 Å². The lowest BCUT2D eigenvalue weighted by molar-refractivity contribution is 1.30. The number of hydrogen-bond acceptors (Lipinski definition) is 2. The molecule has 0 saturated heterocycles. The van der Waals surface area contributed by atoms with Crippen LogP contribution in [0.15, 0.2) is 108 Å². The number of imidazole rings is 1. The predicted molar refractivity (Wildman–Crippen MR) is 121 cm³/mol. The van der Waals surface area contributed by atoms with E-state index in [1.54, 1.807) is 6.21 Å². The predicted octanol–water partition coefficient (Wildman–Crippen LogP) is 6.65. The SMILES string of the molecule is C(=Nc1ccccc1)c1nc2c(-c3ccccc3)ccc(-c3ccccc3)c2[nH]1. The molecular formula is C26H19N3. The summed E-state index contributed by atoms with van der Waals surface area (Å²) >= 11 is 0. The lowest BCUT2D eigenvalue weighted by atomic mass is 9.98. The molecule has 0 fully saturated rings. The first-order valence-electron chi connectivity index (χ1n) is 9.61. The van der Waals surface area contributed by atoms with Gasteiger partial charge in [-0.1, -0.05) is 91.0 Å². The molecule has 29 heavy (non-hydrogen) atoms. The van der Waals surface area contributed by atoms with Gasteiger partial charge in [-0.25, -0.2) is 4.98 Å². The first-order chi connectivity index (χ1) is 14.4. The van der Waals surface area contributed by atoms with Crippen LogP contribution in [0.25, 0.3) is 33.3 Å². The summed E-state index contributed by atoms with van der Waals surface area (Å²) in [6.07, 6.45) is 1.79. The lowest BCUT2D eigenvalue weighted by Gasteiger charge is -2.07. The Hall–Kier alpha value is -3.98. The molecule has 0 aliphatic heterocycles. The van der Waals surface area contributed by atoms with Crippen molar-refractivity contribution in [2.24, 2.45) is 4.99 Å². The number of hydrogen-bond donors (Lipinski definition) is 1. The van der Waals surface area contributed by atoms with Gasteiger partial charge in [0.05, 0.1) is 22.9 Å². The maximum absolute atomic E-state index is 4.89. The lowest BCUT2D eigenvalue weighted by Crippen LogP contribution is -1.85. The molecule has 0 atom stereocenters. The summed E-state index contributed by atoms with van der Waals surface area (Å²) in [5, 5.41) is 0. The second-order valence-electron chi connectivity index (χ2n) is 6.83. The van der Waals surface area contributed by atoms with Gasteiger partial charge in [-0.15, -0.1) is 0 Å². The molecule has 0 radical (unpaired) electrons. The summed E-state index contributed by atoms with van der Waals surface area (Å²) in [6.45, 7) is 0. The van der Waals surface area contributed by atoms with Crippen molar-refractivity contribution in [3.63, 3.8) is 0 Å². The molecule has 138 valence electrons. The fourth-order valence-corrected chi connectivity index (χ4v) is 3.53. The van der Waals surface area contributed by atoms with E-state index in [0.29, 0.717) is 0 Å². The highest BCUT2D eigenvalue weighted by Crippen LogP contribution is 2.34. The van der Waals surface area contributed by atoms with Gasteiger partial charge in [0, 0.05) is 11.1 Å². The smallest absolute Gasteiger partial charge is 0.149 e. The summed E-state index contributed by atoms with van der Waals surface area (Å²) in [5.41, 5.74) is 7.42. The normalized spacial score (nSPS) is 11.3. The number of nitrogens with zero attached hydrogens (tertiary/aromatic N) is 2. The summed E-state index contributed by atoms with van der Waals surface area (Å²) in [6, 6.07) is 35.0. The average molecular weight is 373 g/mol. The van der Waals surface area contributed by atoms with Crippen molar-refractivity contribution < 1.29 is 0 Å². The number of H-pyrrole nitrogens is 1. The number of aromatic amines is 1. The minimum atomic E-state index is 0.740. The van der Waals surface area contributed by atoms with E-state index in [1.807, 2.05) is 42.5 Å². The van der Waals surface area contributed by atoms with Crippen LogP contribution in [0.4, 0.5) is 5.69 Å². The van der Waals surface area contributed by atoms with Crippen LogP contribution in [0, 0.1) is 0 Å². The van der Waals surface area contributed by atoms with Crippen molar-refractivity contribution in [3.8, 4) is 22.3 Å². The van der Waals surface area contributed by atoms with E-state index >= 15 is 0 Å². The van der Waals surface area contributed by atoms with Crippen LogP contribution in [0.3, 0.4) is 0 Å². The molecule has 1 aromatic heterocycles. The summed E-state index contributed by atoms with van der Waals surface area (Å²) in [5.74, 6) is 0.740. The van der Waals surface area contributed by atoms with Gasteiger partial charge < -0.3 is 4.98 Å². The fourth-order valence-electron chi connectivity index (χ4n) is 3.53. The van der Waals surface area contributed by atoms with Crippen LogP contribution >= 0.6 is 0 Å². The van der Waals surface area contributed by atoms with Crippen molar-refractivity contribution >= 4 is 22.9 Å². The molecule has 1 N–H and O–H groups in total. The summed E-state index contributed by atoms with van der Waals surface area (Å²) < 4.78 is 0. The van der Waals surface area contributed by atoms with Crippen LogP contribution < -0.4 is 0 Å². The second-order valence-corrected chi connectivity index (χ2v) is 6.83. The molecular weight excluding hydrogens is 354 g/mol. The van der Waals surface area contributed by atoms with Gasteiger partial charge in [0.25, 0.3) is 0 Å². The van der Waals surface area contributed by atoms with Crippen molar-refractivity contribution in [3.05, 3.63) is 109 Å². The van der Waals surface area contributed by atoms with Crippen molar-refractivity contribution in [1.29, 1.82) is 0 Å². The number of para-hydroxylation sites is 1. The molecule has 5 aromatic rings. The van der Waals surface area contributed by atoms with E-state index in [-0.39, 0.29) is 0 Å². The molecule has 0 amide bonds. The number of nitrogens with one attached hydrogen (secondary N) is 1. The van der Waals surface area contributed by atoms with Gasteiger partial charge in [-0.2, -0.15) is 0 Å². The fraction of sp³-hybridized carbons (Fsp3) is 0. The first kappa shape index (κ1) is 17.1. The minimum absolute atomic E-state index is 0.740. The number of aliphatic imine (C=N–C) groups is 1. The molecule has 0 unspecified atom stereocenters. The highest BCUT2D eigenvalue weighted by atomic mass is 14.9. The standard InChI is InChI=1S/C26H19N3/c1-4-10-19(11-5-1)22-16-17-23(20-12-6-2-7-13-20)26-25(22)28-24(29-26)18-27-21-14-8-3-9-15-21/h1-18H,(H,28,29). The highest BCUT2D eigenvalue weighted by Gasteiger charge is 2.13. The Morgan fingerprint density at radius 1 is 0.621 bits per heavy atom. The number of rotatable bonds is 4. The van der Waals surface area contributed by atoms with Crippen molar-refractivity contribution in [2.45, 2.75) is 0 Å². The molecule has 0 bridgehead atoms. The molecule has 3 nitrogen and oxygen atoms in total. The van der Waals surface area contributed by atoms with Gasteiger partial charge in [0.2, 0.25) is 0 Å². The van der Waals surface area contributed by atoms with Crippen molar-refractivity contribution in [2.75, 3.05) is 0 Å². The molecule has 1 heterocycles. The zero-order valence-electron chi connectivity index (χ0n) is 15.8. The van der Waals surface area contributed by atoms with Crippen LogP contribution in [-0.4, -0.2) is 16.2 Å². The third-order valence-corrected chi connectivity index (χ3v) is 4.92. The number of fused-ring (bicyclic) bond motifs is 1. The molecule has 0 spiro atoms. The summed E-state index contributed by atoms with van der Waals surface area (Å²) in [7, 11) is 0. The Balaban J connectivity index is 1.68. The number of aromatic nitrogens is 2. The van der Waals surface area contributed by atoms with Crippen LogP contribution in [-0.2, 0) is 0 Å². The van der Waals surface area contributed by atoms with E-state index in [1.165, 1.54) is 0 Å². The zero-order valence-corrected chi connectivity index (χ0v) is 15.8. The third kappa shape index (κ3) is 3.46. The van der Waals surface area contributed by atoms with Gasteiger partial charge in [-0.05, 0) is 23.3 Å². The average Bonchev–Trinajstić information content (AvgIpc) is 3.23. The molecule has 5 rings (SSSR count). The molecule has 0 aliphatic carbocycles. The molecule has 0 aliphatic rings. The van der Waals surface area contributed by atoms with E-state index in [0.717, 1.165) is 44.8 Å². The monoisotopic (exact) mass is 373 g/mol. The summed E-state index contributed by atoms with van der Waals surface area (Å²) in [4.78, 5) is 12.9. The Bertz CT molecular complexity index is 1190. The quantitative estimate of drug-likeness (QED) is 0.352. The first-order valence-corrected chi connectivity index (χ1v) is 9.61. The zero-order chi connectivity index (χ0) is 19.5. The van der Waals surface area contributed by atoms with Crippen LogP contribution in [0.1, 0.15) is 5.82 Å². The molecule has 4 aromatic carbocycles. The maximum Gasteiger partial charge on any atom is 0.149 e. The van der Waals surface area contributed by atoms with Gasteiger partial charge in [0.15, 0.2) is 0 Å². The minimum Gasteiger partial charge on any atom is -0.337 e. The van der Waals surface area contributed by atoms with E-state index in [9.17, 15) is 0 Å². The Morgan fingerprint density at radius 3 is 1.83 bits per heavy atom. The topological polar surface area (TPSA) is 41.0 Å². The third-order valence-electron chi connectivity index (χ3n) is 4.92. The largest absolute Gasteiger partial charge is 0.337 e. The second kappa shape index (κ2) is 7.56. The van der Waals surface area contributed by atoms with Crippen LogP contribution in [0.2, 0.25) is 0 Å². The van der Waals surface area contributed by atoms with Crippen molar-refractivity contribution in [1.82, 2.24) is 9.97 Å². The Kier molecular flexibility index (Phi) is 4.47. The highest BCUT2D eigenvalue weighted by molar-refractivity contribution is 6.02. The number of benzene rings is 4. The maximum atomic E-state index is 4.89. The van der Waals surface area contributed by atoms with Gasteiger partial charge in [0.1, 0.15) is 5.82 Å². The molecule has 3 heteroatoms. The van der Waals surface area contributed by atoms with E-state index < -0.39 is 0 Å². The molecule has 0 saturated carbocycles. The van der Waals surface area contributed by atoms with Crippen LogP contribution in [0.5, 0.6) is 0 Å². The van der Waals surface area contributed by atoms with Gasteiger partial charge in [-0.3, -0.25) is 4.99 Å². The Morgan fingerprint density at radius 2 is 1.17 bits per heavy atom. The van der Waals surface area contributed by atoms with E-state index in [4.69, 9.17) is 4.98 Å². The van der Waals surface area contributed by atoms with Gasteiger partial charge >= 0.3 is 0 Å².